The maximum Gasteiger partial charge on any atom is 0.255 e. The van der Waals surface area contributed by atoms with Crippen LogP contribution in [0.4, 0.5) is 0 Å². The van der Waals surface area contributed by atoms with Gasteiger partial charge in [-0.05, 0) is 36.4 Å². The van der Waals surface area contributed by atoms with Gasteiger partial charge in [0.1, 0.15) is 30.5 Å². The number of amides is 1. The predicted octanol–water partition coefficient (Wildman–Crippen LogP) is 3.11. The molecule has 31 heavy (non-hydrogen) atoms. The summed E-state index contributed by atoms with van der Waals surface area (Å²) in [6.07, 6.45) is 3.18. The van der Waals surface area contributed by atoms with Gasteiger partial charge in [0.25, 0.3) is 5.91 Å². The van der Waals surface area contributed by atoms with E-state index in [4.69, 9.17) is 18.9 Å². The zero-order valence-electron chi connectivity index (χ0n) is 17.4. The number of nitrogens with zero attached hydrogens (tertiary/aromatic N) is 3. The summed E-state index contributed by atoms with van der Waals surface area (Å²) in [6.45, 7) is 1.63. The monoisotopic (exact) mass is 421 g/mol. The highest BCUT2D eigenvalue weighted by Gasteiger charge is 2.22. The van der Waals surface area contributed by atoms with Crippen LogP contribution in [-0.4, -0.2) is 48.1 Å². The molecule has 0 saturated heterocycles. The summed E-state index contributed by atoms with van der Waals surface area (Å²) in [5.41, 5.74) is 2.17. The van der Waals surface area contributed by atoms with Gasteiger partial charge in [-0.1, -0.05) is 0 Å². The second kappa shape index (κ2) is 9.34. The van der Waals surface area contributed by atoms with Gasteiger partial charge < -0.3 is 23.8 Å². The Morgan fingerprint density at radius 2 is 1.90 bits per heavy atom. The van der Waals surface area contributed by atoms with Crippen LogP contribution in [0.25, 0.3) is 0 Å². The lowest BCUT2D eigenvalue weighted by molar-refractivity contribution is 0.0732. The first-order valence-corrected chi connectivity index (χ1v) is 9.83. The van der Waals surface area contributed by atoms with Crippen LogP contribution in [0.1, 0.15) is 21.6 Å². The molecule has 1 aromatic carbocycles. The number of methoxy groups -OCH3 is 2. The molecule has 0 N–H and O–H groups in total. The van der Waals surface area contributed by atoms with Crippen molar-refractivity contribution < 1.29 is 23.7 Å². The molecule has 0 spiro atoms. The summed E-state index contributed by atoms with van der Waals surface area (Å²) in [5.74, 6) is 2.48. The van der Waals surface area contributed by atoms with Crippen LogP contribution < -0.4 is 18.9 Å². The zero-order chi connectivity index (χ0) is 21.6. The minimum Gasteiger partial charge on any atom is -0.495 e. The van der Waals surface area contributed by atoms with E-state index in [2.05, 4.69) is 9.97 Å². The van der Waals surface area contributed by atoms with Crippen molar-refractivity contribution in [3.8, 4) is 23.1 Å². The third-order valence-corrected chi connectivity index (χ3v) is 4.91. The number of pyridine rings is 2. The number of aromatic nitrogens is 2. The van der Waals surface area contributed by atoms with Gasteiger partial charge in [0, 0.05) is 24.4 Å². The first kappa shape index (κ1) is 20.5. The van der Waals surface area contributed by atoms with Crippen LogP contribution in [0.15, 0.2) is 54.9 Å². The Balaban J connectivity index is 1.46. The van der Waals surface area contributed by atoms with E-state index in [0.717, 1.165) is 17.0 Å². The predicted molar refractivity (Wildman–Crippen MR) is 113 cm³/mol. The lowest BCUT2D eigenvalue weighted by atomic mass is 10.1. The van der Waals surface area contributed by atoms with Gasteiger partial charge >= 0.3 is 0 Å². The molecule has 0 fully saturated rings. The Labute approximate surface area is 180 Å². The first-order valence-electron chi connectivity index (χ1n) is 9.83. The van der Waals surface area contributed by atoms with Gasteiger partial charge in [-0.3, -0.25) is 9.78 Å². The molecule has 0 aliphatic carbocycles. The van der Waals surface area contributed by atoms with Gasteiger partial charge in [-0.25, -0.2) is 4.98 Å². The molecule has 1 aliphatic heterocycles. The number of carbonyl (C=O) groups excluding carboxylic acids is 1. The number of rotatable bonds is 6. The van der Waals surface area contributed by atoms with Crippen molar-refractivity contribution in [3.05, 3.63) is 71.7 Å². The van der Waals surface area contributed by atoms with E-state index in [9.17, 15) is 4.79 Å². The number of fused-ring (bicyclic) bond motifs is 1. The molecule has 8 heteroatoms. The van der Waals surface area contributed by atoms with Crippen LogP contribution in [0.2, 0.25) is 0 Å². The molecule has 8 nitrogen and oxygen atoms in total. The van der Waals surface area contributed by atoms with E-state index in [1.54, 1.807) is 30.3 Å². The molecule has 1 amide bonds. The molecular formula is C23H23N3O5. The van der Waals surface area contributed by atoms with E-state index in [-0.39, 0.29) is 5.91 Å². The standard InChI is InChI=1S/C23H23N3O5/c1-28-20-5-4-18(24-13-20)15-31-19-6-7-21-17(11-19)14-26(9-10-30-21)23(27)16-3-8-22(29-2)25-12-16/h3-8,11-13H,9-10,14-15H2,1-2H3. The lowest BCUT2D eigenvalue weighted by Gasteiger charge is -2.20. The van der Waals surface area contributed by atoms with Crippen molar-refractivity contribution in [2.75, 3.05) is 27.4 Å². The average molecular weight is 421 g/mol. The van der Waals surface area contributed by atoms with Crippen LogP contribution in [0, 0.1) is 0 Å². The molecule has 3 aromatic rings. The van der Waals surface area contributed by atoms with Crippen molar-refractivity contribution in [1.82, 2.24) is 14.9 Å². The molecule has 0 saturated carbocycles. The van der Waals surface area contributed by atoms with Gasteiger partial charge in [0.15, 0.2) is 0 Å². The molecule has 0 atom stereocenters. The van der Waals surface area contributed by atoms with Crippen LogP contribution >= 0.6 is 0 Å². The number of hydrogen-bond acceptors (Lipinski definition) is 7. The highest BCUT2D eigenvalue weighted by molar-refractivity contribution is 5.94. The number of ether oxygens (including phenoxy) is 4. The van der Waals surface area contributed by atoms with E-state index in [1.165, 1.54) is 13.3 Å². The van der Waals surface area contributed by atoms with E-state index >= 15 is 0 Å². The van der Waals surface area contributed by atoms with E-state index in [1.807, 2.05) is 30.3 Å². The first-order chi connectivity index (χ1) is 15.2. The second-order valence-electron chi connectivity index (χ2n) is 6.91. The van der Waals surface area contributed by atoms with Crippen LogP contribution in [0.5, 0.6) is 23.1 Å². The molecule has 0 radical (unpaired) electrons. The third kappa shape index (κ3) is 4.85. The van der Waals surface area contributed by atoms with Crippen LogP contribution in [0.3, 0.4) is 0 Å². The van der Waals surface area contributed by atoms with Crippen molar-refractivity contribution in [3.63, 3.8) is 0 Å². The fourth-order valence-electron chi connectivity index (χ4n) is 3.22. The summed E-state index contributed by atoms with van der Waals surface area (Å²) in [7, 11) is 3.14. The maximum atomic E-state index is 12.9. The topological polar surface area (TPSA) is 83.0 Å². The fraction of sp³-hybridized carbons (Fsp3) is 0.261. The Bertz CT molecular complexity index is 1040. The lowest BCUT2D eigenvalue weighted by Crippen LogP contribution is -2.32. The molecule has 1 aliphatic rings. The Morgan fingerprint density at radius 3 is 2.61 bits per heavy atom. The SMILES string of the molecule is COc1ccc(COc2ccc3c(c2)CN(C(=O)c2ccc(OC)nc2)CCO3)nc1. The van der Waals surface area contributed by atoms with Gasteiger partial charge in [0.2, 0.25) is 5.88 Å². The number of carbonyl (C=O) groups is 1. The number of hydrogen-bond donors (Lipinski definition) is 0. The summed E-state index contributed by atoms with van der Waals surface area (Å²) >= 11 is 0. The molecule has 4 rings (SSSR count). The molecular weight excluding hydrogens is 398 g/mol. The maximum absolute atomic E-state index is 12.9. The molecule has 0 unspecified atom stereocenters. The minimum absolute atomic E-state index is 0.111. The van der Waals surface area contributed by atoms with Crippen molar-refractivity contribution in [2.24, 2.45) is 0 Å². The smallest absolute Gasteiger partial charge is 0.255 e. The van der Waals surface area contributed by atoms with Crippen molar-refractivity contribution in [2.45, 2.75) is 13.2 Å². The Morgan fingerprint density at radius 1 is 1.03 bits per heavy atom. The average Bonchev–Trinajstić information content (AvgIpc) is 3.04. The van der Waals surface area contributed by atoms with Crippen LogP contribution in [-0.2, 0) is 13.2 Å². The molecule has 2 aromatic heterocycles. The summed E-state index contributed by atoms with van der Waals surface area (Å²) in [6, 6.07) is 12.7. The fourth-order valence-corrected chi connectivity index (χ4v) is 3.22. The molecule has 160 valence electrons. The summed E-state index contributed by atoms with van der Waals surface area (Å²) in [5, 5.41) is 0. The van der Waals surface area contributed by atoms with E-state index < -0.39 is 0 Å². The molecule has 3 heterocycles. The zero-order valence-corrected chi connectivity index (χ0v) is 17.4. The quantitative estimate of drug-likeness (QED) is 0.605. The normalized spacial score (nSPS) is 12.9. The van der Waals surface area contributed by atoms with Gasteiger partial charge in [-0.15, -0.1) is 0 Å². The summed E-state index contributed by atoms with van der Waals surface area (Å²) < 4.78 is 21.9. The molecule has 0 bridgehead atoms. The minimum atomic E-state index is -0.111. The van der Waals surface area contributed by atoms with E-state index in [0.29, 0.717) is 49.2 Å². The van der Waals surface area contributed by atoms with Crippen molar-refractivity contribution in [1.29, 1.82) is 0 Å². The van der Waals surface area contributed by atoms with Gasteiger partial charge in [0.05, 0.1) is 38.2 Å². The largest absolute Gasteiger partial charge is 0.495 e. The highest BCUT2D eigenvalue weighted by Crippen LogP contribution is 2.28. The Hall–Kier alpha value is -3.81. The third-order valence-electron chi connectivity index (χ3n) is 4.91. The highest BCUT2D eigenvalue weighted by atomic mass is 16.5. The second-order valence-corrected chi connectivity index (χ2v) is 6.91. The number of benzene rings is 1. The Kier molecular flexibility index (Phi) is 6.16. The van der Waals surface area contributed by atoms with Crippen molar-refractivity contribution >= 4 is 5.91 Å². The van der Waals surface area contributed by atoms with Gasteiger partial charge in [-0.2, -0.15) is 0 Å². The summed E-state index contributed by atoms with van der Waals surface area (Å²) in [4.78, 5) is 23.1.